The van der Waals surface area contributed by atoms with Crippen LogP contribution in [0.2, 0.25) is 0 Å². The van der Waals surface area contributed by atoms with Crippen LogP contribution < -0.4 is 10.9 Å². The van der Waals surface area contributed by atoms with Crippen LogP contribution in [0.3, 0.4) is 0 Å². The summed E-state index contributed by atoms with van der Waals surface area (Å²) in [5.74, 6) is -0.503. The molecule has 0 bridgehead atoms. The number of oxazole rings is 1. The summed E-state index contributed by atoms with van der Waals surface area (Å²) in [6.07, 6.45) is 0.214. The summed E-state index contributed by atoms with van der Waals surface area (Å²) in [6.45, 7) is 1.94. The number of para-hydroxylation sites is 2. The standard InChI is InChI=1S/C18H17N3O3S/c1-12-6-2-3-7-13(12)10-16(22)20-21-17(23)11-25-18-19-14-8-4-5-9-15(14)24-18/h2-9H,10-11H2,1H3,(H,20,22)(H,21,23). The molecular formula is C18H17N3O3S. The van der Waals surface area contributed by atoms with Crippen molar-refractivity contribution < 1.29 is 14.0 Å². The predicted molar refractivity (Wildman–Crippen MR) is 95.9 cm³/mol. The number of hydrogen-bond acceptors (Lipinski definition) is 5. The summed E-state index contributed by atoms with van der Waals surface area (Å²) >= 11 is 1.17. The van der Waals surface area contributed by atoms with Gasteiger partial charge >= 0.3 is 0 Å². The van der Waals surface area contributed by atoms with Gasteiger partial charge in [0, 0.05) is 0 Å². The molecule has 2 aromatic carbocycles. The fourth-order valence-corrected chi connectivity index (χ4v) is 2.88. The number of thioether (sulfide) groups is 1. The molecule has 0 aliphatic rings. The summed E-state index contributed by atoms with van der Waals surface area (Å²) in [7, 11) is 0. The lowest BCUT2D eigenvalue weighted by Crippen LogP contribution is -2.43. The van der Waals surface area contributed by atoms with Gasteiger partial charge in [0.05, 0.1) is 12.2 Å². The average Bonchev–Trinajstić information content (AvgIpc) is 3.03. The molecule has 25 heavy (non-hydrogen) atoms. The molecule has 1 aromatic heterocycles. The second-order valence-corrected chi connectivity index (χ2v) is 6.36. The molecular weight excluding hydrogens is 338 g/mol. The van der Waals surface area contributed by atoms with Crippen LogP contribution in [0.5, 0.6) is 0 Å². The highest BCUT2D eigenvalue weighted by Gasteiger charge is 2.10. The molecule has 0 spiro atoms. The van der Waals surface area contributed by atoms with E-state index in [0.717, 1.165) is 16.6 Å². The third-order valence-electron chi connectivity index (χ3n) is 3.55. The van der Waals surface area contributed by atoms with Gasteiger partial charge in [0.15, 0.2) is 5.58 Å². The minimum absolute atomic E-state index is 0.0947. The monoisotopic (exact) mass is 355 g/mol. The molecule has 6 nitrogen and oxygen atoms in total. The zero-order chi connectivity index (χ0) is 17.6. The minimum Gasteiger partial charge on any atom is -0.431 e. The Morgan fingerprint density at radius 1 is 1.04 bits per heavy atom. The van der Waals surface area contributed by atoms with E-state index in [2.05, 4.69) is 15.8 Å². The third-order valence-corrected chi connectivity index (χ3v) is 4.38. The highest BCUT2D eigenvalue weighted by Crippen LogP contribution is 2.22. The number of fused-ring (bicyclic) bond motifs is 1. The van der Waals surface area contributed by atoms with Crippen molar-refractivity contribution in [2.75, 3.05) is 5.75 Å². The third kappa shape index (κ3) is 4.60. The first-order chi connectivity index (χ1) is 12.1. The number of amides is 2. The van der Waals surface area contributed by atoms with E-state index in [4.69, 9.17) is 4.42 Å². The highest BCUT2D eigenvalue weighted by molar-refractivity contribution is 7.99. The van der Waals surface area contributed by atoms with Crippen LogP contribution >= 0.6 is 11.8 Å². The van der Waals surface area contributed by atoms with Crippen molar-refractivity contribution in [2.24, 2.45) is 0 Å². The van der Waals surface area contributed by atoms with E-state index in [1.807, 2.05) is 55.5 Å². The Balaban J connectivity index is 1.44. The summed E-state index contributed by atoms with van der Waals surface area (Å²) < 4.78 is 5.52. The fraction of sp³-hybridized carbons (Fsp3) is 0.167. The second kappa shape index (κ2) is 7.85. The van der Waals surface area contributed by atoms with E-state index < -0.39 is 0 Å². The average molecular weight is 355 g/mol. The topological polar surface area (TPSA) is 84.2 Å². The number of hydrogen-bond donors (Lipinski definition) is 2. The molecule has 128 valence electrons. The van der Waals surface area contributed by atoms with Gasteiger partial charge in [-0.15, -0.1) is 0 Å². The van der Waals surface area contributed by atoms with E-state index in [0.29, 0.717) is 10.8 Å². The number of aromatic nitrogens is 1. The number of carbonyl (C=O) groups excluding carboxylic acids is 2. The Labute approximate surface area is 149 Å². The number of nitrogens with zero attached hydrogens (tertiary/aromatic N) is 1. The smallest absolute Gasteiger partial charge is 0.257 e. The molecule has 0 aliphatic heterocycles. The zero-order valence-electron chi connectivity index (χ0n) is 13.6. The number of rotatable bonds is 5. The lowest BCUT2D eigenvalue weighted by Gasteiger charge is -2.08. The van der Waals surface area contributed by atoms with Gasteiger partial charge in [-0.2, -0.15) is 0 Å². The lowest BCUT2D eigenvalue weighted by atomic mass is 10.1. The van der Waals surface area contributed by atoms with Crippen molar-refractivity contribution in [1.82, 2.24) is 15.8 Å². The first kappa shape index (κ1) is 17.0. The van der Waals surface area contributed by atoms with Gasteiger partial charge in [0.2, 0.25) is 11.8 Å². The Morgan fingerprint density at radius 3 is 2.56 bits per heavy atom. The quantitative estimate of drug-likeness (QED) is 0.543. The van der Waals surface area contributed by atoms with Crippen molar-refractivity contribution in [2.45, 2.75) is 18.6 Å². The maximum absolute atomic E-state index is 11.9. The fourth-order valence-electron chi connectivity index (χ4n) is 2.24. The number of aryl methyl sites for hydroxylation is 1. The van der Waals surface area contributed by atoms with Gasteiger partial charge in [0.1, 0.15) is 5.52 Å². The van der Waals surface area contributed by atoms with Gasteiger partial charge in [-0.05, 0) is 30.2 Å². The predicted octanol–water partition coefficient (Wildman–Crippen LogP) is 2.62. The largest absolute Gasteiger partial charge is 0.431 e. The lowest BCUT2D eigenvalue weighted by molar-refractivity contribution is -0.127. The van der Waals surface area contributed by atoms with Crippen molar-refractivity contribution in [3.05, 3.63) is 59.7 Å². The number of benzene rings is 2. The maximum Gasteiger partial charge on any atom is 0.257 e. The van der Waals surface area contributed by atoms with Crippen LogP contribution in [-0.2, 0) is 16.0 Å². The molecule has 7 heteroatoms. The maximum atomic E-state index is 11.9. The number of carbonyl (C=O) groups is 2. The molecule has 0 saturated carbocycles. The molecule has 2 N–H and O–H groups in total. The van der Waals surface area contributed by atoms with Gasteiger partial charge in [-0.1, -0.05) is 48.2 Å². The van der Waals surface area contributed by atoms with Gasteiger partial charge in [-0.25, -0.2) is 4.98 Å². The van der Waals surface area contributed by atoms with E-state index in [9.17, 15) is 9.59 Å². The number of hydrazine groups is 1. The van der Waals surface area contributed by atoms with E-state index >= 15 is 0 Å². The summed E-state index contributed by atoms with van der Waals surface area (Å²) in [5.41, 5.74) is 8.20. The van der Waals surface area contributed by atoms with Crippen molar-refractivity contribution >= 4 is 34.7 Å². The van der Waals surface area contributed by atoms with Crippen LogP contribution in [0.1, 0.15) is 11.1 Å². The summed E-state index contributed by atoms with van der Waals surface area (Å²) in [4.78, 5) is 28.0. The molecule has 0 radical (unpaired) electrons. The highest BCUT2D eigenvalue weighted by atomic mass is 32.2. The zero-order valence-corrected chi connectivity index (χ0v) is 14.4. The number of nitrogens with one attached hydrogen (secondary N) is 2. The van der Waals surface area contributed by atoms with Crippen LogP contribution in [0.4, 0.5) is 0 Å². The van der Waals surface area contributed by atoms with E-state index in [1.54, 1.807) is 0 Å². The Hall–Kier alpha value is -2.80. The molecule has 3 aromatic rings. The van der Waals surface area contributed by atoms with Crippen LogP contribution in [0.25, 0.3) is 11.1 Å². The van der Waals surface area contributed by atoms with E-state index in [1.165, 1.54) is 11.8 Å². The normalized spacial score (nSPS) is 10.6. The van der Waals surface area contributed by atoms with Gasteiger partial charge in [-0.3, -0.25) is 20.4 Å². The Morgan fingerprint density at radius 2 is 1.76 bits per heavy atom. The molecule has 0 atom stereocenters. The van der Waals surface area contributed by atoms with Crippen molar-refractivity contribution in [3.63, 3.8) is 0 Å². The van der Waals surface area contributed by atoms with Crippen LogP contribution in [0.15, 0.2) is 58.2 Å². The van der Waals surface area contributed by atoms with Crippen molar-refractivity contribution in [3.8, 4) is 0 Å². The second-order valence-electron chi connectivity index (χ2n) is 5.44. The molecule has 3 rings (SSSR count). The Kier molecular flexibility index (Phi) is 5.35. The van der Waals surface area contributed by atoms with E-state index in [-0.39, 0.29) is 24.0 Å². The SMILES string of the molecule is Cc1ccccc1CC(=O)NNC(=O)CSc1nc2ccccc2o1. The molecule has 2 amide bonds. The van der Waals surface area contributed by atoms with Crippen molar-refractivity contribution in [1.29, 1.82) is 0 Å². The van der Waals surface area contributed by atoms with Gasteiger partial charge < -0.3 is 4.42 Å². The first-order valence-corrected chi connectivity index (χ1v) is 8.71. The Bertz CT molecular complexity index is 874. The molecule has 1 heterocycles. The summed E-state index contributed by atoms with van der Waals surface area (Å²) in [5, 5.41) is 0.419. The summed E-state index contributed by atoms with van der Waals surface area (Å²) in [6, 6.07) is 15.0. The molecule has 0 saturated heterocycles. The van der Waals surface area contributed by atoms with Crippen LogP contribution in [-0.4, -0.2) is 22.6 Å². The molecule has 0 unspecified atom stereocenters. The molecule has 0 fully saturated rings. The minimum atomic E-state index is -0.328. The molecule has 0 aliphatic carbocycles. The van der Waals surface area contributed by atoms with Gasteiger partial charge in [0.25, 0.3) is 5.22 Å². The van der Waals surface area contributed by atoms with Crippen LogP contribution in [0, 0.1) is 6.92 Å². The first-order valence-electron chi connectivity index (χ1n) is 7.72.